The number of benzene rings is 3. The number of thioether (sulfide) groups is 1. The van der Waals surface area contributed by atoms with Gasteiger partial charge in [0.05, 0.1) is 10.6 Å². The van der Waals surface area contributed by atoms with Crippen LogP contribution < -0.4 is 5.32 Å². The van der Waals surface area contributed by atoms with Crippen molar-refractivity contribution in [1.29, 1.82) is 0 Å². The minimum absolute atomic E-state index is 0.127. The van der Waals surface area contributed by atoms with Crippen molar-refractivity contribution in [3.8, 4) is 0 Å². The van der Waals surface area contributed by atoms with Gasteiger partial charge < -0.3 is 0 Å². The molecule has 6 heteroatoms. The van der Waals surface area contributed by atoms with Crippen LogP contribution in [0.3, 0.4) is 0 Å². The molecule has 32 heavy (non-hydrogen) atoms. The van der Waals surface area contributed by atoms with E-state index in [1.807, 2.05) is 42.5 Å². The number of rotatable bonds is 4. The fourth-order valence-electron chi connectivity index (χ4n) is 3.65. The second-order valence-electron chi connectivity index (χ2n) is 7.63. The lowest BCUT2D eigenvalue weighted by Gasteiger charge is -2.13. The molecule has 0 unspecified atom stereocenters. The van der Waals surface area contributed by atoms with Gasteiger partial charge >= 0.3 is 0 Å². The standard InChI is InChI=1S/C26H21N3OS2/c1-17-11-13-18(14-12-17)15-21-20-9-5-6-10-23(20)32-24(21)25(30)27-26-29-28-22(16-31-26)19-7-3-2-4-8-19/h2-14H,15-16H2,1H3,(H,27,29,30). The third kappa shape index (κ3) is 4.38. The van der Waals surface area contributed by atoms with E-state index in [-0.39, 0.29) is 5.91 Å². The summed E-state index contributed by atoms with van der Waals surface area (Å²) in [7, 11) is 0. The molecular formula is C26H21N3OS2. The Morgan fingerprint density at radius 2 is 1.69 bits per heavy atom. The maximum atomic E-state index is 13.3. The van der Waals surface area contributed by atoms with Crippen LogP contribution in [0.4, 0.5) is 0 Å². The van der Waals surface area contributed by atoms with E-state index in [0.717, 1.165) is 31.8 Å². The molecule has 4 aromatic rings. The smallest absolute Gasteiger partial charge is 0.267 e. The van der Waals surface area contributed by atoms with E-state index in [0.29, 0.717) is 17.3 Å². The Balaban J connectivity index is 1.42. The molecule has 0 fully saturated rings. The molecule has 1 aromatic heterocycles. The third-order valence-electron chi connectivity index (χ3n) is 5.34. The van der Waals surface area contributed by atoms with Gasteiger partial charge in [-0.2, -0.15) is 5.10 Å². The van der Waals surface area contributed by atoms with E-state index in [2.05, 4.69) is 58.8 Å². The van der Waals surface area contributed by atoms with Gasteiger partial charge in [-0.3, -0.25) is 10.1 Å². The zero-order valence-electron chi connectivity index (χ0n) is 17.5. The van der Waals surface area contributed by atoms with Crippen LogP contribution in [0.25, 0.3) is 10.1 Å². The first-order chi connectivity index (χ1) is 15.7. The van der Waals surface area contributed by atoms with Crippen LogP contribution >= 0.6 is 23.1 Å². The van der Waals surface area contributed by atoms with Crippen LogP contribution in [0.2, 0.25) is 0 Å². The zero-order chi connectivity index (χ0) is 21.9. The lowest BCUT2D eigenvalue weighted by molar-refractivity contribution is 0.0981. The Bertz CT molecular complexity index is 1340. The van der Waals surface area contributed by atoms with E-state index < -0.39 is 0 Å². The van der Waals surface area contributed by atoms with Gasteiger partial charge in [-0.15, -0.1) is 16.4 Å². The molecule has 0 radical (unpaired) electrons. The first-order valence-electron chi connectivity index (χ1n) is 10.4. The van der Waals surface area contributed by atoms with Crippen molar-refractivity contribution in [3.63, 3.8) is 0 Å². The quantitative estimate of drug-likeness (QED) is 0.408. The number of fused-ring (bicyclic) bond motifs is 1. The molecule has 1 aliphatic heterocycles. The third-order valence-corrected chi connectivity index (χ3v) is 7.43. The molecule has 0 aliphatic carbocycles. The van der Waals surface area contributed by atoms with Crippen LogP contribution in [-0.2, 0) is 6.42 Å². The lowest BCUT2D eigenvalue weighted by atomic mass is 10.0. The first-order valence-corrected chi connectivity index (χ1v) is 12.2. The minimum Gasteiger partial charge on any atom is -0.299 e. The van der Waals surface area contributed by atoms with Gasteiger partial charge in [0.15, 0.2) is 5.17 Å². The van der Waals surface area contributed by atoms with Crippen LogP contribution in [-0.4, -0.2) is 22.5 Å². The van der Waals surface area contributed by atoms with Gasteiger partial charge in [0.2, 0.25) is 0 Å². The second kappa shape index (κ2) is 9.10. The maximum absolute atomic E-state index is 13.3. The summed E-state index contributed by atoms with van der Waals surface area (Å²) >= 11 is 3.03. The average molecular weight is 456 g/mol. The van der Waals surface area contributed by atoms with Crippen LogP contribution in [0.1, 0.15) is 31.9 Å². The highest BCUT2D eigenvalue weighted by Gasteiger charge is 2.21. The monoisotopic (exact) mass is 455 g/mol. The van der Waals surface area contributed by atoms with Crippen molar-refractivity contribution < 1.29 is 4.79 Å². The Kier molecular flexibility index (Phi) is 5.88. The number of carbonyl (C=O) groups is 1. The Morgan fingerprint density at radius 1 is 0.938 bits per heavy atom. The number of nitrogens with zero attached hydrogens (tertiary/aromatic N) is 2. The summed E-state index contributed by atoms with van der Waals surface area (Å²) in [6.45, 7) is 2.08. The van der Waals surface area contributed by atoms with Gasteiger partial charge in [0, 0.05) is 10.5 Å². The number of thiophene rings is 1. The molecule has 1 amide bonds. The van der Waals surface area contributed by atoms with Gasteiger partial charge in [0.1, 0.15) is 0 Å². The summed E-state index contributed by atoms with van der Waals surface area (Å²) in [6, 6.07) is 26.7. The maximum Gasteiger partial charge on any atom is 0.267 e. The van der Waals surface area contributed by atoms with Crippen LogP contribution in [0.15, 0.2) is 89.1 Å². The summed E-state index contributed by atoms with van der Waals surface area (Å²) in [4.78, 5) is 14.0. The molecule has 4 nitrogen and oxygen atoms in total. The number of hydrogen-bond donors (Lipinski definition) is 1. The number of amidine groups is 1. The van der Waals surface area contributed by atoms with E-state index in [1.165, 1.54) is 34.2 Å². The molecule has 158 valence electrons. The zero-order valence-corrected chi connectivity index (χ0v) is 19.2. The largest absolute Gasteiger partial charge is 0.299 e. The summed E-state index contributed by atoms with van der Waals surface area (Å²) in [6.07, 6.45) is 0.711. The van der Waals surface area contributed by atoms with Crippen molar-refractivity contribution in [2.24, 2.45) is 10.2 Å². The molecule has 3 aromatic carbocycles. The normalized spacial score (nSPS) is 13.5. The Hall–Kier alpha value is -3.22. The number of carbonyl (C=O) groups excluding carboxylic acids is 1. The predicted molar refractivity (Wildman–Crippen MR) is 136 cm³/mol. The molecule has 0 bridgehead atoms. The van der Waals surface area contributed by atoms with E-state index in [9.17, 15) is 4.79 Å². The van der Waals surface area contributed by atoms with Gasteiger partial charge in [-0.1, -0.05) is 90.1 Å². The van der Waals surface area contributed by atoms with Crippen molar-refractivity contribution in [3.05, 3.63) is 106 Å². The fourth-order valence-corrected chi connectivity index (χ4v) is 5.53. The van der Waals surface area contributed by atoms with Crippen molar-refractivity contribution in [2.45, 2.75) is 13.3 Å². The van der Waals surface area contributed by atoms with Crippen LogP contribution in [0.5, 0.6) is 0 Å². The van der Waals surface area contributed by atoms with E-state index in [1.54, 1.807) is 0 Å². The summed E-state index contributed by atoms with van der Waals surface area (Å²) in [5.41, 5.74) is 5.44. The second-order valence-corrected chi connectivity index (χ2v) is 9.65. The number of hydrogen-bond acceptors (Lipinski definition) is 5. The molecule has 0 saturated carbocycles. The number of nitrogens with one attached hydrogen (secondary N) is 1. The van der Waals surface area contributed by atoms with E-state index >= 15 is 0 Å². The SMILES string of the molecule is Cc1ccc(Cc2c(C(=O)NC3=NN=C(c4ccccc4)CS3)sc3ccccc23)cc1. The highest BCUT2D eigenvalue weighted by Crippen LogP contribution is 2.33. The summed E-state index contributed by atoms with van der Waals surface area (Å²) in [5.74, 6) is 0.545. The first kappa shape index (κ1) is 20.7. The van der Waals surface area contributed by atoms with E-state index in [4.69, 9.17) is 0 Å². The topological polar surface area (TPSA) is 53.8 Å². The average Bonchev–Trinajstić information content (AvgIpc) is 3.20. The summed E-state index contributed by atoms with van der Waals surface area (Å²) < 4.78 is 1.11. The highest BCUT2D eigenvalue weighted by atomic mass is 32.2. The molecule has 5 rings (SSSR count). The number of aryl methyl sites for hydroxylation is 1. The molecule has 0 saturated heterocycles. The summed E-state index contributed by atoms with van der Waals surface area (Å²) in [5, 5.41) is 13.3. The van der Waals surface area contributed by atoms with Gasteiger partial charge in [-0.05, 0) is 41.5 Å². The van der Waals surface area contributed by atoms with Crippen LogP contribution in [0, 0.1) is 6.92 Å². The van der Waals surface area contributed by atoms with Crippen molar-refractivity contribution in [2.75, 3.05) is 5.75 Å². The Labute approximate surface area is 195 Å². The van der Waals surface area contributed by atoms with Crippen molar-refractivity contribution >= 4 is 50.0 Å². The molecule has 1 N–H and O–H groups in total. The Morgan fingerprint density at radius 3 is 2.44 bits per heavy atom. The molecule has 1 aliphatic rings. The van der Waals surface area contributed by atoms with Gasteiger partial charge in [-0.25, -0.2) is 0 Å². The lowest BCUT2D eigenvalue weighted by Crippen LogP contribution is -2.30. The highest BCUT2D eigenvalue weighted by molar-refractivity contribution is 8.14. The van der Waals surface area contributed by atoms with Crippen molar-refractivity contribution in [1.82, 2.24) is 5.32 Å². The molecular weight excluding hydrogens is 434 g/mol. The fraction of sp³-hybridized carbons (Fsp3) is 0.115. The predicted octanol–water partition coefficient (Wildman–Crippen LogP) is 6.04. The number of amides is 1. The minimum atomic E-state index is -0.127. The van der Waals surface area contributed by atoms with Gasteiger partial charge in [0.25, 0.3) is 5.91 Å². The molecule has 2 heterocycles. The molecule has 0 atom stereocenters. The molecule has 0 spiro atoms.